The molecule has 0 fully saturated rings. The molecule has 0 spiro atoms. The molecule has 2 aromatic rings. The van der Waals surface area contributed by atoms with E-state index in [1.54, 1.807) is 7.11 Å². The van der Waals surface area contributed by atoms with E-state index in [-0.39, 0.29) is 0 Å². The van der Waals surface area contributed by atoms with Crippen molar-refractivity contribution in [3.63, 3.8) is 0 Å². The maximum atomic E-state index is 5.15. The average molecular weight is 241 g/mol. The van der Waals surface area contributed by atoms with Crippen LogP contribution < -0.4 is 4.74 Å². The van der Waals surface area contributed by atoms with E-state index in [1.165, 1.54) is 0 Å². The molecule has 13 heavy (non-hydrogen) atoms. The average Bonchev–Trinajstić information content (AvgIpc) is 2.46. The fraction of sp³-hybridized carbons (Fsp3) is 0.222. The summed E-state index contributed by atoms with van der Waals surface area (Å²) in [5.74, 6) is 0.848. The van der Waals surface area contributed by atoms with Crippen molar-refractivity contribution in [3.05, 3.63) is 22.4 Å². The van der Waals surface area contributed by atoms with E-state index in [2.05, 4.69) is 25.9 Å². The van der Waals surface area contributed by atoms with Crippen LogP contribution in [-0.4, -0.2) is 17.1 Å². The zero-order chi connectivity index (χ0) is 9.42. The quantitative estimate of drug-likeness (QED) is 0.833. The van der Waals surface area contributed by atoms with Gasteiger partial charge in [-0.15, -0.1) is 0 Å². The van der Waals surface area contributed by atoms with Gasteiger partial charge in [-0.2, -0.15) is 0 Å². The van der Waals surface area contributed by atoms with Gasteiger partial charge in [-0.25, -0.2) is 4.98 Å². The molecule has 3 nitrogen and oxygen atoms in total. The van der Waals surface area contributed by atoms with Crippen LogP contribution in [0.5, 0.6) is 5.75 Å². The summed E-state index contributed by atoms with van der Waals surface area (Å²) in [5, 5.41) is 0. The number of benzene rings is 1. The van der Waals surface area contributed by atoms with Crippen molar-refractivity contribution in [3.8, 4) is 5.75 Å². The molecule has 0 aliphatic rings. The van der Waals surface area contributed by atoms with Gasteiger partial charge in [-0.05, 0) is 34.5 Å². The molecule has 0 saturated carbocycles. The van der Waals surface area contributed by atoms with Crippen LogP contribution in [0.2, 0.25) is 0 Å². The van der Waals surface area contributed by atoms with Crippen LogP contribution >= 0.6 is 15.9 Å². The number of aromatic amines is 1. The number of aromatic nitrogens is 2. The van der Waals surface area contributed by atoms with E-state index in [9.17, 15) is 0 Å². The van der Waals surface area contributed by atoms with E-state index in [0.717, 1.165) is 27.1 Å². The van der Waals surface area contributed by atoms with Crippen LogP contribution in [0.3, 0.4) is 0 Å². The van der Waals surface area contributed by atoms with Gasteiger partial charge in [-0.1, -0.05) is 0 Å². The maximum Gasteiger partial charge on any atom is 0.175 e. The van der Waals surface area contributed by atoms with Crippen molar-refractivity contribution in [1.82, 2.24) is 9.97 Å². The molecule has 0 radical (unpaired) electrons. The second kappa shape index (κ2) is 3.03. The van der Waals surface area contributed by atoms with Crippen molar-refractivity contribution < 1.29 is 4.74 Å². The fourth-order valence-corrected chi connectivity index (χ4v) is 1.74. The van der Waals surface area contributed by atoms with Crippen LogP contribution in [0.4, 0.5) is 0 Å². The first-order valence-corrected chi connectivity index (χ1v) is 4.70. The molecule has 0 unspecified atom stereocenters. The Balaban J connectivity index is 2.75. The molecule has 1 N–H and O–H groups in total. The summed E-state index contributed by atoms with van der Waals surface area (Å²) in [5.41, 5.74) is 3.08. The number of hydrogen-bond donors (Lipinski definition) is 1. The molecule has 2 rings (SSSR count). The largest absolute Gasteiger partial charge is 0.497 e. The number of ether oxygens (including phenoxy) is 1. The third-order valence-corrected chi connectivity index (χ3v) is 2.33. The van der Waals surface area contributed by atoms with Crippen molar-refractivity contribution in [2.45, 2.75) is 6.92 Å². The van der Waals surface area contributed by atoms with Gasteiger partial charge in [0, 0.05) is 6.07 Å². The number of nitrogens with one attached hydrogen (secondary N) is 1. The Kier molecular flexibility index (Phi) is 2.00. The number of methoxy groups -OCH3 is 1. The number of rotatable bonds is 1. The zero-order valence-corrected chi connectivity index (χ0v) is 8.97. The van der Waals surface area contributed by atoms with Crippen molar-refractivity contribution in [2.24, 2.45) is 0 Å². The van der Waals surface area contributed by atoms with Gasteiger partial charge in [0.2, 0.25) is 0 Å². The first kappa shape index (κ1) is 8.56. The minimum atomic E-state index is 0.749. The first-order chi connectivity index (χ1) is 6.20. The van der Waals surface area contributed by atoms with Crippen molar-refractivity contribution in [1.29, 1.82) is 0 Å². The summed E-state index contributed by atoms with van der Waals surface area (Å²) in [6.07, 6.45) is 0. The Morgan fingerprint density at radius 2 is 2.23 bits per heavy atom. The van der Waals surface area contributed by atoms with Crippen LogP contribution in [0.15, 0.2) is 16.9 Å². The Morgan fingerprint density at radius 3 is 2.92 bits per heavy atom. The summed E-state index contributed by atoms with van der Waals surface area (Å²) in [6.45, 7) is 2.01. The predicted molar refractivity (Wildman–Crippen MR) is 55.1 cm³/mol. The molecular formula is C9H9BrN2O. The van der Waals surface area contributed by atoms with Gasteiger partial charge in [-0.3, -0.25) is 0 Å². The molecule has 1 aromatic carbocycles. The Hall–Kier alpha value is -1.03. The summed E-state index contributed by atoms with van der Waals surface area (Å²) in [4.78, 5) is 7.39. The van der Waals surface area contributed by atoms with Crippen molar-refractivity contribution in [2.75, 3.05) is 7.11 Å². The third-order valence-electron chi connectivity index (χ3n) is 1.96. The molecule has 0 saturated heterocycles. The molecular weight excluding hydrogens is 232 g/mol. The highest BCUT2D eigenvalue weighted by Gasteiger charge is 2.05. The lowest BCUT2D eigenvalue weighted by molar-refractivity contribution is 0.415. The highest BCUT2D eigenvalue weighted by molar-refractivity contribution is 9.10. The van der Waals surface area contributed by atoms with Crippen molar-refractivity contribution >= 4 is 27.0 Å². The van der Waals surface area contributed by atoms with E-state index < -0.39 is 0 Å². The number of fused-ring (bicyclic) bond motifs is 1. The topological polar surface area (TPSA) is 37.9 Å². The second-order valence-electron chi connectivity index (χ2n) is 2.87. The van der Waals surface area contributed by atoms with Crippen LogP contribution in [0.1, 0.15) is 5.56 Å². The van der Waals surface area contributed by atoms with Crippen LogP contribution in [0, 0.1) is 6.92 Å². The van der Waals surface area contributed by atoms with E-state index in [0.29, 0.717) is 0 Å². The van der Waals surface area contributed by atoms with Gasteiger partial charge < -0.3 is 9.72 Å². The summed E-state index contributed by atoms with van der Waals surface area (Å²) in [6, 6.07) is 3.90. The standard InChI is InChI=1S/C9H9BrN2O/c1-5-3-6(13-2)4-7-8(5)12-9(10)11-7/h3-4H,1-2H3,(H,11,12). The maximum absolute atomic E-state index is 5.15. The minimum absolute atomic E-state index is 0.749. The molecule has 0 amide bonds. The van der Waals surface area contributed by atoms with Crippen LogP contribution in [0.25, 0.3) is 11.0 Å². The first-order valence-electron chi connectivity index (χ1n) is 3.90. The Morgan fingerprint density at radius 1 is 1.46 bits per heavy atom. The SMILES string of the molecule is COc1cc(C)c2nc(Br)[nH]c2c1. The molecule has 0 atom stereocenters. The van der Waals surface area contributed by atoms with Crippen LogP contribution in [-0.2, 0) is 0 Å². The summed E-state index contributed by atoms with van der Waals surface area (Å²) >= 11 is 3.30. The number of halogens is 1. The minimum Gasteiger partial charge on any atom is -0.497 e. The lowest BCUT2D eigenvalue weighted by Crippen LogP contribution is -1.84. The predicted octanol–water partition coefficient (Wildman–Crippen LogP) is 2.64. The molecule has 0 aliphatic carbocycles. The molecule has 0 aliphatic heterocycles. The van der Waals surface area contributed by atoms with Gasteiger partial charge in [0.15, 0.2) is 4.73 Å². The second-order valence-corrected chi connectivity index (χ2v) is 3.62. The van der Waals surface area contributed by atoms with Gasteiger partial charge >= 0.3 is 0 Å². The Bertz CT molecular complexity index is 450. The summed E-state index contributed by atoms with van der Waals surface area (Å²) in [7, 11) is 1.66. The molecule has 1 aromatic heterocycles. The van der Waals surface area contributed by atoms with E-state index in [1.807, 2.05) is 19.1 Å². The number of hydrogen-bond acceptors (Lipinski definition) is 2. The van der Waals surface area contributed by atoms with E-state index >= 15 is 0 Å². The Labute approximate surface area is 84.3 Å². The molecule has 68 valence electrons. The number of H-pyrrole nitrogens is 1. The number of aryl methyl sites for hydroxylation is 1. The lowest BCUT2D eigenvalue weighted by Gasteiger charge is -2.00. The smallest absolute Gasteiger partial charge is 0.175 e. The lowest BCUT2D eigenvalue weighted by atomic mass is 10.2. The molecule has 1 heterocycles. The normalized spacial score (nSPS) is 10.7. The van der Waals surface area contributed by atoms with Gasteiger partial charge in [0.1, 0.15) is 5.75 Å². The number of imidazole rings is 1. The number of nitrogens with zero attached hydrogens (tertiary/aromatic N) is 1. The van der Waals surface area contributed by atoms with Gasteiger partial charge in [0.25, 0.3) is 0 Å². The molecule has 0 bridgehead atoms. The van der Waals surface area contributed by atoms with Gasteiger partial charge in [0.05, 0.1) is 18.1 Å². The summed E-state index contributed by atoms with van der Waals surface area (Å²) < 4.78 is 5.90. The monoisotopic (exact) mass is 240 g/mol. The fourth-order valence-electron chi connectivity index (χ4n) is 1.35. The third kappa shape index (κ3) is 1.42. The highest BCUT2D eigenvalue weighted by Crippen LogP contribution is 2.24. The highest BCUT2D eigenvalue weighted by atomic mass is 79.9. The van der Waals surface area contributed by atoms with E-state index in [4.69, 9.17) is 4.74 Å². The zero-order valence-electron chi connectivity index (χ0n) is 7.39. The molecule has 4 heteroatoms.